The van der Waals surface area contributed by atoms with Crippen LogP contribution in [0.4, 0.5) is 11.4 Å². The molecule has 19 heavy (non-hydrogen) atoms. The molecule has 106 valence electrons. The van der Waals surface area contributed by atoms with Crippen molar-refractivity contribution in [2.75, 3.05) is 17.2 Å². The number of nitrogens with zero attached hydrogens (tertiary/aromatic N) is 1. The van der Waals surface area contributed by atoms with E-state index in [1.165, 1.54) is 43.4 Å². The SMILES string of the molecule is Cc1cc(N)cc(N(CCC(C)C)C2CCCC2)c1. The molecule has 0 amide bonds. The maximum Gasteiger partial charge on any atom is 0.0392 e. The van der Waals surface area contributed by atoms with E-state index in [1.807, 2.05) is 0 Å². The van der Waals surface area contributed by atoms with Gasteiger partial charge < -0.3 is 10.6 Å². The van der Waals surface area contributed by atoms with Crippen molar-refractivity contribution in [3.05, 3.63) is 23.8 Å². The van der Waals surface area contributed by atoms with E-state index < -0.39 is 0 Å². The van der Waals surface area contributed by atoms with Crippen molar-refractivity contribution < 1.29 is 0 Å². The lowest BCUT2D eigenvalue weighted by molar-refractivity contribution is 0.528. The molecule has 1 fully saturated rings. The van der Waals surface area contributed by atoms with Gasteiger partial charge in [0.15, 0.2) is 0 Å². The van der Waals surface area contributed by atoms with Gasteiger partial charge in [-0.15, -0.1) is 0 Å². The van der Waals surface area contributed by atoms with E-state index in [9.17, 15) is 0 Å². The van der Waals surface area contributed by atoms with Crippen LogP contribution in [-0.2, 0) is 0 Å². The number of nitrogen functional groups attached to an aromatic ring is 1. The van der Waals surface area contributed by atoms with Gasteiger partial charge in [-0.25, -0.2) is 0 Å². The minimum absolute atomic E-state index is 0.722. The molecule has 1 aromatic rings. The molecule has 0 atom stereocenters. The molecule has 2 heteroatoms. The molecule has 0 bridgehead atoms. The highest BCUT2D eigenvalue weighted by Gasteiger charge is 2.23. The van der Waals surface area contributed by atoms with E-state index in [-0.39, 0.29) is 0 Å². The summed E-state index contributed by atoms with van der Waals surface area (Å²) in [5, 5.41) is 0. The van der Waals surface area contributed by atoms with Crippen molar-refractivity contribution in [2.24, 2.45) is 5.92 Å². The molecule has 1 aromatic carbocycles. The van der Waals surface area contributed by atoms with Crippen LogP contribution in [0.2, 0.25) is 0 Å². The largest absolute Gasteiger partial charge is 0.399 e. The van der Waals surface area contributed by atoms with Gasteiger partial charge in [0.2, 0.25) is 0 Å². The van der Waals surface area contributed by atoms with Gasteiger partial charge in [0.1, 0.15) is 0 Å². The predicted molar refractivity (Wildman–Crippen MR) is 84.6 cm³/mol. The van der Waals surface area contributed by atoms with Gasteiger partial charge in [0, 0.05) is 24.0 Å². The number of rotatable bonds is 5. The van der Waals surface area contributed by atoms with Crippen molar-refractivity contribution in [3.63, 3.8) is 0 Å². The summed E-state index contributed by atoms with van der Waals surface area (Å²) in [6.07, 6.45) is 6.69. The lowest BCUT2D eigenvalue weighted by Gasteiger charge is -2.32. The monoisotopic (exact) mass is 260 g/mol. The Balaban J connectivity index is 2.19. The Labute approximate surface area is 118 Å². The Morgan fingerprint density at radius 2 is 1.89 bits per heavy atom. The summed E-state index contributed by atoms with van der Waals surface area (Å²) in [6, 6.07) is 7.21. The van der Waals surface area contributed by atoms with Crippen molar-refractivity contribution in [1.82, 2.24) is 0 Å². The smallest absolute Gasteiger partial charge is 0.0392 e. The minimum Gasteiger partial charge on any atom is -0.399 e. The topological polar surface area (TPSA) is 29.3 Å². The maximum atomic E-state index is 6.03. The standard InChI is InChI=1S/C17H28N2/c1-13(2)8-9-19(16-6-4-5-7-16)17-11-14(3)10-15(18)12-17/h10-13,16H,4-9,18H2,1-3H3. The van der Waals surface area contributed by atoms with E-state index in [0.717, 1.165) is 24.2 Å². The van der Waals surface area contributed by atoms with E-state index >= 15 is 0 Å². The Bertz CT molecular complexity index is 385. The van der Waals surface area contributed by atoms with Crippen molar-refractivity contribution >= 4 is 11.4 Å². The second-order valence-corrected chi connectivity index (χ2v) is 6.42. The van der Waals surface area contributed by atoms with Gasteiger partial charge >= 0.3 is 0 Å². The molecular weight excluding hydrogens is 232 g/mol. The molecule has 0 aromatic heterocycles. The van der Waals surface area contributed by atoms with Crippen molar-refractivity contribution in [3.8, 4) is 0 Å². The van der Waals surface area contributed by atoms with Crippen LogP contribution in [0.1, 0.15) is 51.5 Å². The van der Waals surface area contributed by atoms with Crippen LogP contribution in [0.15, 0.2) is 18.2 Å². The zero-order valence-corrected chi connectivity index (χ0v) is 12.7. The van der Waals surface area contributed by atoms with Gasteiger partial charge in [0.25, 0.3) is 0 Å². The number of nitrogens with two attached hydrogens (primary N) is 1. The summed E-state index contributed by atoms with van der Waals surface area (Å²) >= 11 is 0. The van der Waals surface area contributed by atoms with E-state index in [0.29, 0.717) is 0 Å². The maximum absolute atomic E-state index is 6.03. The summed E-state index contributed by atoms with van der Waals surface area (Å²) in [6.45, 7) is 7.90. The molecule has 0 spiro atoms. The van der Waals surface area contributed by atoms with Gasteiger partial charge in [-0.1, -0.05) is 26.7 Å². The number of aryl methyl sites for hydroxylation is 1. The van der Waals surface area contributed by atoms with E-state index in [4.69, 9.17) is 5.73 Å². The fourth-order valence-corrected chi connectivity index (χ4v) is 3.09. The van der Waals surface area contributed by atoms with E-state index in [1.54, 1.807) is 0 Å². The molecule has 0 heterocycles. The van der Waals surface area contributed by atoms with Gasteiger partial charge in [-0.05, 0) is 55.9 Å². The van der Waals surface area contributed by atoms with Crippen LogP contribution in [0.5, 0.6) is 0 Å². The average molecular weight is 260 g/mol. The molecule has 2 N–H and O–H groups in total. The summed E-state index contributed by atoms with van der Waals surface area (Å²) in [5.41, 5.74) is 9.51. The Morgan fingerprint density at radius 1 is 1.21 bits per heavy atom. The highest BCUT2D eigenvalue weighted by atomic mass is 15.2. The van der Waals surface area contributed by atoms with Crippen LogP contribution >= 0.6 is 0 Å². The van der Waals surface area contributed by atoms with Crippen molar-refractivity contribution in [1.29, 1.82) is 0 Å². The van der Waals surface area contributed by atoms with Gasteiger partial charge in [0.05, 0.1) is 0 Å². The second kappa shape index (κ2) is 6.31. The first-order valence-corrected chi connectivity index (χ1v) is 7.70. The Hall–Kier alpha value is -1.18. The fraction of sp³-hybridized carbons (Fsp3) is 0.647. The number of benzene rings is 1. The quantitative estimate of drug-likeness (QED) is 0.796. The normalized spacial score (nSPS) is 16.2. The van der Waals surface area contributed by atoms with Gasteiger partial charge in [-0.3, -0.25) is 0 Å². The molecule has 2 rings (SSSR count). The first-order valence-electron chi connectivity index (χ1n) is 7.70. The van der Waals surface area contributed by atoms with Crippen LogP contribution in [0.3, 0.4) is 0 Å². The fourth-order valence-electron chi connectivity index (χ4n) is 3.09. The molecule has 2 nitrogen and oxygen atoms in total. The molecule has 1 aliphatic carbocycles. The third-order valence-electron chi connectivity index (χ3n) is 4.13. The molecule has 1 aliphatic rings. The zero-order chi connectivity index (χ0) is 13.8. The molecular formula is C17H28N2. The Kier molecular flexibility index (Phi) is 4.73. The second-order valence-electron chi connectivity index (χ2n) is 6.42. The highest BCUT2D eigenvalue weighted by Crippen LogP contribution is 2.30. The predicted octanol–water partition coefficient (Wildman–Crippen LogP) is 4.37. The summed E-state index contributed by atoms with van der Waals surface area (Å²) in [5.74, 6) is 0.756. The van der Waals surface area contributed by atoms with Gasteiger partial charge in [-0.2, -0.15) is 0 Å². The molecule has 0 saturated heterocycles. The third kappa shape index (κ3) is 3.89. The molecule has 0 aliphatic heterocycles. The highest BCUT2D eigenvalue weighted by molar-refractivity contribution is 5.59. The third-order valence-corrected chi connectivity index (χ3v) is 4.13. The molecule has 0 radical (unpaired) electrons. The van der Waals surface area contributed by atoms with Crippen molar-refractivity contribution in [2.45, 2.75) is 58.9 Å². The molecule has 1 saturated carbocycles. The average Bonchev–Trinajstić information content (AvgIpc) is 2.81. The van der Waals surface area contributed by atoms with E-state index in [2.05, 4.69) is 43.9 Å². The number of hydrogen-bond donors (Lipinski definition) is 1. The summed E-state index contributed by atoms with van der Waals surface area (Å²) in [4.78, 5) is 2.61. The van der Waals surface area contributed by atoms with Crippen LogP contribution < -0.4 is 10.6 Å². The van der Waals surface area contributed by atoms with Crippen LogP contribution in [0, 0.1) is 12.8 Å². The summed E-state index contributed by atoms with van der Waals surface area (Å²) < 4.78 is 0. The van der Waals surface area contributed by atoms with Crippen LogP contribution in [-0.4, -0.2) is 12.6 Å². The lowest BCUT2D eigenvalue weighted by atomic mass is 10.1. The molecule has 0 unspecified atom stereocenters. The lowest BCUT2D eigenvalue weighted by Crippen LogP contribution is -2.34. The summed E-state index contributed by atoms with van der Waals surface area (Å²) in [7, 11) is 0. The van der Waals surface area contributed by atoms with Crippen LogP contribution in [0.25, 0.3) is 0 Å². The first-order chi connectivity index (χ1) is 9.06. The zero-order valence-electron chi connectivity index (χ0n) is 12.7. The minimum atomic E-state index is 0.722. The number of anilines is 2. The first kappa shape index (κ1) is 14.2. The number of hydrogen-bond acceptors (Lipinski definition) is 2. The Morgan fingerprint density at radius 3 is 2.47 bits per heavy atom.